The van der Waals surface area contributed by atoms with Crippen molar-refractivity contribution >= 4 is 53.3 Å². The van der Waals surface area contributed by atoms with Gasteiger partial charge in [0.15, 0.2) is 6.10 Å². The van der Waals surface area contributed by atoms with Crippen molar-refractivity contribution in [1.29, 1.82) is 10.5 Å². The van der Waals surface area contributed by atoms with Crippen molar-refractivity contribution in [3.8, 4) is 40.5 Å². The summed E-state index contributed by atoms with van der Waals surface area (Å²) in [5.41, 5.74) is 6.74. The van der Waals surface area contributed by atoms with Crippen molar-refractivity contribution in [2.75, 3.05) is 18.9 Å². The fraction of sp³-hybridized carbons (Fsp3) is 0.409. The van der Waals surface area contributed by atoms with E-state index in [0.29, 0.717) is 22.2 Å². The molecular formula is C44H50ClN7O10S. The van der Waals surface area contributed by atoms with Crippen LogP contribution in [0.25, 0.3) is 22.6 Å². The summed E-state index contributed by atoms with van der Waals surface area (Å²) in [6.45, 7) is 14.0. The van der Waals surface area contributed by atoms with E-state index in [4.69, 9.17) is 45.4 Å². The zero-order valence-electron chi connectivity index (χ0n) is 36.4. The predicted molar refractivity (Wildman–Crippen MR) is 233 cm³/mol. The topological polar surface area (TPSA) is 251 Å². The number of nitriles is 2. The zero-order valence-corrected chi connectivity index (χ0v) is 37.9. The van der Waals surface area contributed by atoms with Crippen molar-refractivity contribution in [2.24, 2.45) is 5.92 Å². The Morgan fingerprint density at radius 3 is 1.98 bits per heavy atom. The zero-order chi connectivity index (χ0) is 46.6. The van der Waals surface area contributed by atoms with Gasteiger partial charge in [0.2, 0.25) is 5.89 Å². The molecule has 0 aliphatic carbocycles. The highest BCUT2D eigenvalue weighted by Crippen LogP contribution is 2.37. The van der Waals surface area contributed by atoms with Gasteiger partial charge < -0.3 is 44.5 Å². The van der Waals surface area contributed by atoms with Crippen LogP contribution in [-0.2, 0) is 34.3 Å². The fourth-order valence-corrected chi connectivity index (χ4v) is 6.46. The fourth-order valence-electron chi connectivity index (χ4n) is 5.46. The molecule has 3 unspecified atom stereocenters. The number of carbonyl (C=O) groups excluding carboxylic acids is 4. The first kappa shape index (κ1) is 49.2. The summed E-state index contributed by atoms with van der Waals surface area (Å²) in [5.74, 6) is -1.25. The van der Waals surface area contributed by atoms with E-state index in [1.54, 1.807) is 104 Å². The van der Waals surface area contributed by atoms with E-state index < -0.39 is 66.0 Å². The first-order valence-electron chi connectivity index (χ1n) is 19.6. The smallest absolute Gasteiger partial charge is 0.408 e. The number of nitrogens with zero attached hydrogens (tertiary/aromatic N) is 4. The number of oxazole rings is 1. The lowest BCUT2D eigenvalue weighted by Gasteiger charge is -2.26. The second kappa shape index (κ2) is 21.5. The van der Waals surface area contributed by atoms with Crippen LogP contribution in [0, 0.1) is 28.6 Å². The molecule has 17 nitrogen and oxygen atoms in total. The number of thioether (sulfide) groups is 1. The van der Waals surface area contributed by atoms with E-state index in [-0.39, 0.29) is 45.6 Å². The van der Waals surface area contributed by atoms with E-state index in [0.717, 1.165) is 5.56 Å². The maximum absolute atomic E-state index is 13.2. The van der Waals surface area contributed by atoms with Gasteiger partial charge in [0.25, 0.3) is 0 Å². The van der Waals surface area contributed by atoms with E-state index in [1.165, 1.54) is 24.9 Å². The number of nitrogens with one attached hydrogen (secondary N) is 2. The van der Waals surface area contributed by atoms with Gasteiger partial charge in [-0.25, -0.2) is 29.1 Å². The molecule has 19 heteroatoms. The quantitative estimate of drug-likeness (QED) is 0.0547. The van der Waals surface area contributed by atoms with Crippen molar-refractivity contribution in [3.63, 3.8) is 0 Å². The van der Waals surface area contributed by atoms with E-state index >= 15 is 0 Å². The van der Waals surface area contributed by atoms with Gasteiger partial charge in [0.05, 0.1) is 11.3 Å². The highest BCUT2D eigenvalue weighted by Gasteiger charge is 2.31. The van der Waals surface area contributed by atoms with Crippen molar-refractivity contribution in [3.05, 3.63) is 76.6 Å². The third-order valence-corrected chi connectivity index (χ3v) is 9.63. The molecule has 3 atom stereocenters. The van der Waals surface area contributed by atoms with E-state index in [2.05, 4.69) is 32.7 Å². The second-order valence-electron chi connectivity index (χ2n) is 16.4. The molecule has 2 heterocycles. The summed E-state index contributed by atoms with van der Waals surface area (Å²) in [4.78, 5) is 60.2. The second-order valence-corrected chi connectivity index (χ2v) is 17.8. The van der Waals surface area contributed by atoms with Gasteiger partial charge in [-0.15, -0.1) is 0 Å². The van der Waals surface area contributed by atoms with Crippen LogP contribution >= 0.6 is 23.4 Å². The molecule has 0 radical (unpaired) electrons. The number of pyridine rings is 1. The standard InChI is InChI=1S/C44H50ClN7O10S/c1-24(2)35(51-42(56)62-44(7,8)9)40(54)59-22-31(60-39(53)25(3)49-41(55)61-43(4,5)6)21-57-30-16-12-26(13-17-30)34-32(18-46)36(48)52-38(33(34)19-47)63-23-29-20-58-37(50-29)27-10-14-28(45)15-11-27/h10-17,20,24-25,31,35H,21-23H2,1-9H3,(H2,48,52)(H,49,55)(H,51,56). The Labute approximate surface area is 374 Å². The molecule has 63 heavy (non-hydrogen) atoms. The van der Waals surface area contributed by atoms with Crippen LogP contribution < -0.4 is 21.1 Å². The number of hydrogen-bond acceptors (Lipinski definition) is 16. The molecule has 0 fully saturated rings. The number of amides is 2. The number of anilines is 1. The van der Waals surface area contributed by atoms with Gasteiger partial charge in [-0.05, 0) is 96.3 Å². The molecule has 4 rings (SSSR count). The number of hydrogen-bond donors (Lipinski definition) is 3. The van der Waals surface area contributed by atoms with Gasteiger partial charge in [-0.1, -0.05) is 49.3 Å². The summed E-state index contributed by atoms with van der Waals surface area (Å²) in [6, 6.07) is 15.3. The Kier molecular flexibility index (Phi) is 16.8. The van der Waals surface area contributed by atoms with Crippen LogP contribution in [0.4, 0.5) is 15.4 Å². The van der Waals surface area contributed by atoms with E-state index in [1.807, 2.05) is 0 Å². The minimum Gasteiger partial charge on any atom is -0.490 e. The number of nitrogens with two attached hydrogens (primary N) is 1. The van der Waals surface area contributed by atoms with Crippen LogP contribution in [0.5, 0.6) is 5.75 Å². The Hall–Kier alpha value is -6.50. The summed E-state index contributed by atoms with van der Waals surface area (Å²) in [7, 11) is 0. The molecule has 0 spiro atoms. The molecule has 0 saturated carbocycles. The normalized spacial score (nSPS) is 12.8. The van der Waals surface area contributed by atoms with Crippen molar-refractivity contribution < 1.29 is 47.3 Å². The number of alkyl carbamates (subject to hydrolysis) is 2. The molecular weight excluding hydrogens is 854 g/mol. The molecule has 2 aromatic heterocycles. The first-order valence-corrected chi connectivity index (χ1v) is 21.0. The molecule has 2 amide bonds. The Morgan fingerprint density at radius 2 is 1.41 bits per heavy atom. The van der Waals surface area contributed by atoms with E-state index in [9.17, 15) is 29.7 Å². The minimum atomic E-state index is -1.21. The molecule has 0 aliphatic rings. The van der Waals surface area contributed by atoms with Gasteiger partial charge in [0, 0.05) is 21.9 Å². The number of esters is 2. The average molecular weight is 904 g/mol. The molecule has 0 aliphatic heterocycles. The van der Waals surface area contributed by atoms with Crippen molar-refractivity contribution in [2.45, 2.75) is 102 Å². The summed E-state index contributed by atoms with van der Waals surface area (Å²) in [5, 5.41) is 26.2. The average Bonchev–Trinajstić information content (AvgIpc) is 3.67. The summed E-state index contributed by atoms with van der Waals surface area (Å²) >= 11 is 7.20. The van der Waals surface area contributed by atoms with Gasteiger partial charge >= 0.3 is 24.1 Å². The van der Waals surface area contributed by atoms with Crippen LogP contribution in [0.3, 0.4) is 0 Å². The molecule has 0 bridgehead atoms. The van der Waals surface area contributed by atoms with Crippen molar-refractivity contribution in [1.82, 2.24) is 20.6 Å². The third kappa shape index (κ3) is 14.8. The highest BCUT2D eigenvalue weighted by molar-refractivity contribution is 7.98. The van der Waals surface area contributed by atoms with Crippen LogP contribution in [0.15, 0.2) is 64.2 Å². The number of ether oxygens (including phenoxy) is 5. The Morgan fingerprint density at radius 1 is 0.825 bits per heavy atom. The Balaban J connectivity index is 1.52. The lowest BCUT2D eigenvalue weighted by atomic mass is 9.97. The first-order chi connectivity index (χ1) is 29.6. The number of carbonyl (C=O) groups is 4. The number of nitrogen functional groups attached to an aromatic ring is 1. The lowest BCUT2D eigenvalue weighted by molar-refractivity contribution is -0.163. The molecule has 4 N–H and O–H groups in total. The van der Waals surface area contributed by atoms with Crippen LogP contribution in [0.2, 0.25) is 5.02 Å². The molecule has 4 aromatic rings. The Bertz CT molecular complexity index is 2350. The number of rotatable bonds is 16. The molecule has 0 saturated heterocycles. The largest absolute Gasteiger partial charge is 0.490 e. The number of aromatic nitrogens is 2. The minimum absolute atomic E-state index is 0.000192. The van der Waals surface area contributed by atoms with Gasteiger partial charge in [-0.3, -0.25) is 0 Å². The summed E-state index contributed by atoms with van der Waals surface area (Å²) in [6.07, 6.45) is -1.38. The number of halogens is 1. The molecule has 2 aromatic carbocycles. The number of benzene rings is 2. The third-order valence-electron chi connectivity index (χ3n) is 8.37. The maximum Gasteiger partial charge on any atom is 0.408 e. The monoisotopic (exact) mass is 903 g/mol. The van der Waals surface area contributed by atoms with Gasteiger partial charge in [0.1, 0.15) is 77.1 Å². The predicted octanol–water partition coefficient (Wildman–Crippen LogP) is 7.97. The highest BCUT2D eigenvalue weighted by atomic mass is 35.5. The molecule has 334 valence electrons. The summed E-state index contributed by atoms with van der Waals surface area (Å²) < 4.78 is 33.3. The van der Waals surface area contributed by atoms with Crippen LogP contribution in [-0.4, -0.2) is 76.7 Å². The van der Waals surface area contributed by atoms with Gasteiger partial charge in [-0.2, -0.15) is 10.5 Å². The SMILES string of the molecule is CC(NC(=O)OC(C)(C)C)C(=O)OC(COC(=O)C(NC(=O)OC(C)(C)C)C(C)C)COc1ccc(-c2c(C#N)c(N)nc(SCc3coc(-c4ccc(Cl)cc4)n3)c2C#N)cc1. The maximum atomic E-state index is 13.2. The lowest BCUT2D eigenvalue weighted by Crippen LogP contribution is -2.48. The van der Waals surface area contributed by atoms with Crippen LogP contribution in [0.1, 0.15) is 79.1 Å².